The normalized spacial score (nSPS) is 21.9. The van der Waals surface area contributed by atoms with Crippen LogP contribution in [0.25, 0.3) is 6.08 Å². The summed E-state index contributed by atoms with van der Waals surface area (Å²) in [6.07, 6.45) is 5.94. The van der Waals surface area contributed by atoms with Gasteiger partial charge in [-0.15, -0.1) is 0 Å². The van der Waals surface area contributed by atoms with Crippen LogP contribution in [0.5, 0.6) is 0 Å². The van der Waals surface area contributed by atoms with Gasteiger partial charge in [0.1, 0.15) is 16.1 Å². The first-order valence-electron chi connectivity index (χ1n) is 8.78. The van der Waals surface area contributed by atoms with Gasteiger partial charge in [-0.2, -0.15) is 0 Å². The molecule has 1 atom stereocenters. The van der Waals surface area contributed by atoms with E-state index in [1.165, 1.54) is 27.8 Å². The van der Waals surface area contributed by atoms with Gasteiger partial charge in [-0.1, -0.05) is 24.0 Å². The highest BCUT2D eigenvalue weighted by molar-refractivity contribution is 8.26. The van der Waals surface area contributed by atoms with Crippen LogP contribution in [-0.2, 0) is 14.4 Å². The molecule has 0 bridgehead atoms. The van der Waals surface area contributed by atoms with Gasteiger partial charge < -0.3 is 14.4 Å². The van der Waals surface area contributed by atoms with Gasteiger partial charge >= 0.3 is 5.97 Å². The smallest absolute Gasteiger partial charge is 0.326 e. The summed E-state index contributed by atoms with van der Waals surface area (Å²) in [6.45, 7) is 0.806. The summed E-state index contributed by atoms with van der Waals surface area (Å²) < 4.78 is 5.67. The molecular weight excluding hydrogens is 388 g/mol. The van der Waals surface area contributed by atoms with E-state index in [0.717, 1.165) is 12.8 Å². The zero-order chi connectivity index (χ0) is 19.4. The van der Waals surface area contributed by atoms with Gasteiger partial charge in [0.2, 0.25) is 5.91 Å². The molecule has 2 amide bonds. The van der Waals surface area contributed by atoms with Crippen LogP contribution in [0, 0.1) is 0 Å². The topological polar surface area (TPSA) is 91.1 Å². The van der Waals surface area contributed by atoms with E-state index in [-0.39, 0.29) is 18.2 Å². The van der Waals surface area contributed by atoms with Crippen molar-refractivity contribution in [3.8, 4) is 0 Å². The van der Waals surface area contributed by atoms with Crippen LogP contribution < -0.4 is 0 Å². The third-order valence-corrected chi connectivity index (χ3v) is 5.95. The maximum Gasteiger partial charge on any atom is 0.326 e. The number of thioether (sulfide) groups is 1. The lowest BCUT2D eigenvalue weighted by atomic mass is 10.0. The molecule has 2 saturated heterocycles. The molecule has 3 heterocycles. The van der Waals surface area contributed by atoms with Crippen LogP contribution in [0.4, 0.5) is 0 Å². The minimum Gasteiger partial charge on any atom is -0.480 e. The quantitative estimate of drug-likeness (QED) is 0.572. The number of carboxylic acids is 1. The van der Waals surface area contributed by atoms with Crippen molar-refractivity contribution in [2.45, 2.75) is 38.1 Å². The van der Waals surface area contributed by atoms with Crippen molar-refractivity contribution in [2.75, 3.05) is 13.1 Å². The van der Waals surface area contributed by atoms with Gasteiger partial charge in [0.05, 0.1) is 11.2 Å². The third kappa shape index (κ3) is 4.59. The number of aliphatic carboxylic acids is 1. The Hall–Kier alpha value is -2.13. The van der Waals surface area contributed by atoms with E-state index in [9.17, 15) is 19.5 Å². The Morgan fingerprint density at radius 1 is 1.41 bits per heavy atom. The Morgan fingerprint density at radius 3 is 2.93 bits per heavy atom. The van der Waals surface area contributed by atoms with Gasteiger partial charge in [0.25, 0.3) is 5.91 Å². The fourth-order valence-electron chi connectivity index (χ4n) is 3.21. The highest BCUT2D eigenvalue weighted by Gasteiger charge is 2.34. The number of hydrogen-bond acceptors (Lipinski definition) is 6. The Bertz CT molecular complexity index is 775. The highest BCUT2D eigenvalue weighted by atomic mass is 32.2. The SMILES string of the molecule is O=C(O)[C@@H]1CCCCN1C(=O)CCCN1C(=O)/C(=C\c2ccco2)SC1=S. The molecule has 0 aromatic carbocycles. The van der Waals surface area contributed by atoms with E-state index in [4.69, 9.17) is 16.6 Å². The highest BCUT2D eigenvalue weighted by Crippen LogP contribution is 2.32. The molecule has 1 aromatic rings. The molecule has 9 heteroatoms. The summed E-state index contributed by atoms with van der Waals surface area (Å²) in [7, 11) is 0. The van der Waals surface area contributed by atoms with Crippen LogP contribution in [0.2, 0.25) is 0 Å². The monoisotopic (exact) mass is 408 g/mol. The van der Waals surface area contributed by atoms with Gasteiger partial charge in [-0.25, -0.2) is 4.79 Å². The average molecular weight is 409 g/mol. The van der Waals surface area contributed by atoms with Crippen molar-refractivity contribution >= 4 is 52.2 Å². The van der Waals surface area contributed by atoms with E-state index in [2.05, 4.69) is 0 Å². The summed E-state index contributed by atoms with van der Waals surface area (Å²) >= 11 is 6.48. The fourth-order valence-corrected chi connectivity index (χ4v) is 4.50. The molecule has 0 saturated carbocycles. The first-order chi connectivity index (χ1) is 13.0. The number of nitrogens with zero attached hydrogens (tertiary/aromatic N) is 2. The molecule has 0 aliphatic carbocycles. The van der Waals surface area contributed by atoms with Crippen LogP contribution in [0.1, 0.15) is 37.9 Å². The second kappa shape index (κ2) is 8.71. The number of hydrogen-bond donors (Lipinski definition) is 1. The molecule has 2 aliphatic heterocycles. The molecule has 1 N–H and O–H groups in total. The molecule has 0 spiro atoms. The maximum atomic E-state index is 12.5. The van der Waals surface area contributed by atoms with E-state index < -0.39 is 12.0 Å². The van der Waals surface area contributed by atoms with Gasteiger partial charge in [0, 0.05) is 25.6 Å². The van der Waals surface area contributed by atoms with Crippen LogP contribution in [0.15, 0.2) is 27.7 Å². The van der Waals surface area contributed by atoms with Gasteiger partial charge in [-0.3, -0.25) is 14.5 Å². The standard InChI is InChI=1S/C18H20N2O5S2/c21-15(19-8-2-1-6-13(19)17(23)24)7-3-9-20-16(22)14(27-18(20)26)11-12-5-4-10-25-12/h4-5,10-11,13H,1-3,6-9H2,(H,23,24)/b14-11+/t13-/m0/s1. The molecule has 2 fully saturated rings. The van der Waals surface area contributed by atoms with Gasteiger partial charge in [0.15, 0.2) is 0 Å². The summed E-state index contributed by atoms with van der Waals surface area (Å²) in [4.78, 5) is 39.7. The molecule has 0 radical (unpaired) electrons. The number of carboxylic acid groups (broad SMARTS) is 1. The largest absolute Gasteiger partial charge is 0.480 e. The molecular formula is C18H20N2O5S2. The summed E-state index contributed by atoms with van der Waals surface area (Å²) in [5, 5.41) is 9.28. The molecule has 27 heavy (non-hydrogen) atoms. The third-order valence-electron chi connectivity index (χ3n) is 4.57. The molecule has 2 aliphatic rings. The van der Waals surface area contributed by atoms with Crippen LogP contribution in [-0.4, -0.2) is 56.1 Å². The van der Waals surface area contributed by atoms with Crippen molar-refractivity contribution in [2.24, 2.45) is 0 Å². The van der Waals surface area contributed by atoms with E-state index in [1.807, 2.05) is 0 Å². The number of rotatable bonds is 6. The Morgan fingerprint density at radius 2 is 2.22 bits per heavy atom. The van der Waals surface area contributed by atoms with Crippen molar-refractivity contribution < 1.29 is 23.9 Å². The van der Waals surface area contributed by atoms with Crippen molar-refractivity contribution in [1.82, 2.24) is 9.80 Å². The minimum atomic E-state index is -0.956. The van der Waals surface area contributed by atoms with E-state index in [1.54, 1.807) is 18.2 Å². The molecule has 1 aromatic heterocycles. The molecule has 7 nitrogen and oxygen atoms in total. The number of thiocarbonyl (C=S) groups is 1. The predicted octanol–water partition coefficient (Wildman–Crippen LogP) is 2.73. The van der Waals surface area contributed by atoms with Crippen molar-refractivity contribution in [3.63, 3.8) is 0 Å². The Balaban J connectivity index is 1.54. The van der Waals surface area contributed by atoms with Crippen LogP contribution in [0.3, 0.4) is 0 Å². The molecule has 0 unspecified atom stereocenters. The number of furan rings is 1. The van der Waals surface area contributed by atoms with Crippen molar-refractivity contribution in [3.05, 3.63) is 29.1 Å². The summed E-state index contributed by atoms with van der Waals surface area (Å²) in [5.41, 5.74) is 0. The summed E-state index contributed by atoms with van der Waals surface area (Å²) in [5.74, 6) is -0.757. The maximum absolute atomic E-state index is 12.5. The molecule has 144 valence electrons. The van der Waals surface area contributed by atoms with Crippen LogP contribution >= 0.6 is 24.0 Å². The predicted molar refractivity (Wildman–Crippen MR) is 105 cm³/mol. The zero-order valence-electron chi connectivity index (χ0n) is 14.6. The lowest BCUT2D eigenvalue weighted by molar-refractivity contribution is -0.152. The lowest BCUT2D eigenvalue weighted by Crippen LogP contribution is -2.48. The Labute approximate surface area is 166 Å². The summed E-state index contributed by atoms with van der Waals surface area (Å²) in [6, 6.07) is 2.76. The van der Waals surface area contributed by atoms with E-state index in [0.29, 0.717) is 40.9 Å². The number of likely N-dealkylation sites (tertiary alicyclic amines) is 1. The number of carbonyl (C=O) groups is 3. The lowest BCUT2D eigenvalue weighted by Gasteiger charge is -2.33. The first kappa shape index (κ1) is 19.6. The number of amides is 2. The second-order valence-corrected chi connectivity index (χ2v) is 8.07. The molecule has 3 rings (SSSR count). The zero-order valence-corrected chi connectivity index (χ0v) is 16.3. The second-order valence-electron chi connectivity index (χ2n) is 6.39. The number of piperidine rings is 1. The first-order valence-corrected chi connectivity index (χ1v) is 10.0. The minimum absolute atomic E-state index is 0.182. The fraction of sp³-hybridized carbons (Fsp3) is 0.444. The number of carbonyl (C=O) groups excluding carboxylic acids is 2. The Kier molecular flexibility index (Phi) is 6.33. The average Bonchev–Trinajstić information content (AvgIpc) is 3.25. The van der Waals surface area contributed by atoms with E-state index >= 15 is 0 Å². The van der Waals surface area contributed by atoms with Gasteiger partial charge in [-0.05, 0) is 37.8 Å². The van der Waals surface area contributed by atoms with Crippen molar-refractivity contribution in [1.29, 1.82) is 0 Å².